The van der Waals surface area contributed by atoms with Gasteiger partial charge in [-0.2, -0.15) is 5.10 Å². The first kappa shape index (κ1) is 12.1. The summed E-state index contributed by atoms with van der Waals surface area (Å²) in [4.78, 5) is 2.44. The molecular formula is C16H19N3O. The van der Waals surface area contributed by atoms with E-state index in [0.29, 0.717) is 12.1 Å². The number of ether oxygens (including phenoxy) is 1. The van der Waals surface area contributed by atoms with Gasteiger partial charge in [0.2, 0.25) is 0 Å². The largest absolute Gasteiger partial charge is 0.378 e. The van der Waals surface area contributed by atoms with Gasteiger partial charge in [0.25, 0.3) is 0 Å². The Kier molecular flexibility index (Phi) is 2.69. The van der Waals surface area contributed by atoms with E-state index in [-0.39, 0.29) is 0 Å². The first-order valence-corrected chi connectivity index (χ1v) is 7.15. The van der Waals surface area contributed by atoms with E-state index in [1.54, 1.807) is 0 Å². The monoisotopic (exact) mass is 269 g/mol. The number of aryl methyl sites for hydroxylation is 1. The summed E-state index contributed by atoms with van der Waals surface area (Å²) >= 11 is 0. The maximum atomic E-state index is 5.67. The molecule has 1 aromatic carbocycles. The van der Waals surface area contributed by atoms with Gasteiger partial charge in [-0.15, -0.1) is 0 Å². The second kappa shape index (κ2) is 4.43. The lowest BCUT2D eigenvalue weighted by atomic mass is 9.90. The lowest BCUT2D eigenvalue weighted by molar-refractivity contribution is -0.0221. The lowest BCUT2D eigenvalue weighted by Gasteiger charge is -2.42. The summed E-state index contributed by atoms with van der Waals surface area (Å²) in [6.07, 6.45) is 5.36. The van der Waals surface area contributed by atoms with E-state index >= 15 is 0 Å². The summed E-state index contributed by atoms with van der Waals surface area (Å²) in [7, 11) is 4.20. The molecule has 2 atom stereocenters. The number of hydrogen-bond acceptors (Lipinski definition) is 3. The quantitative estimate of drug-likeness (QED) is 0.794. The van der Waals surface area contributed by atoms with Crippen LogP contribution in [0.2, 0.25) is 0 Å². The van der Waals surface area contributed by atoms with Crippen molar-refractivity contribution < 1.29 is 4.74 Å². The predicted molar refractivity (Wildman–Crippen MR) is 79.5 cm³/mol. The third-order valence-electron chi connectivity index (χ3n) is 4.67. The van der Waals surface area contributed by atoms with Crippen LogP contribution in [0.1, 0.15) is 12.0 Å². The van der Waals surface area contributed by atoms with E-state index in [9.17, 15) is 0 Å². The van der Waals surface area contributed by atoms with Crippen molar-refractivity contribution in [3.63, 3.8) is 0 Å². The van der Waals surface area contributed by atoms with Crippen LogP contribution < -0.4 is 0 Å². The van der Waals surface area contributed by atoms with Gasteiger partial charge in [0.05, 0.1) is 31.0 Å². The van der Waals surface area contributed by atoms with Crippen LogP contribution in [-0.2, 0) is 11.8 Å². The van der Waals surface area contributed by atoms with Crippen LogP contribution in [0.3, 0.4) is 0 Å². The Morgan fingerprint density at radius 2 is 2.15 bits per heavy atom. The fraction of sp³-hybridized carbons (Fsp3) is 0.438. The van der Waals surface area contributed by atoms with Crippen LogP contribution in [0, 0.1) is 0 Å². The number of benzene rings is 1. The standard InChI is InChI=1S/C16H19N3O/c1-18-14-5-13(6-15(18)10-20-9-14)11-3-4-12-8-17-19(2)16(12)7-11/h3-5,7-8,14-15H,6,9-10H2,1-2H3. The predicted octanol–water partition coefficient (Wildman–Crippen LogP) is 2.06. The molecule has 2 aliphatic heterocycles. The molecule has 4 heteroatoms. The van der Waals surface area contributed by atoms with Crippen LogP contribution in [0.5, 0.6) is 0 Å². The van der Waals surface area contributed by atoms with Crippen LogP contribution in [0.4, 0.5) is 0 Å². The zero-order valence-corrected chi connectivity index (χ0v) is 11.9. The third kappa shape index (κ3) is 1.79. The van der Waals surface area contributed by atoms with Gasteiger partial charge in [0.15, 0.2) is 0 Å². The van der Waals surface area contributed by atoms with E-state index in [1.165, 1.54) is 22.0 Å². The first-order valence-electron chi connectivity index (χ1n) is 7.15. The highest BCUT2D eigenvalue weighted by Crippen LogP contribution is 2.32. The highest BCUT2D eigenvalue weighted by Gasteiger charge is 2.32. The van der Waals surface area contributed by atoms with Crippen molar-refractivity contribution in [2.75, 3.05) is 20.3 Å². The van der Waals surface area contributed by atoms with Crippen molar-refractivity contribution in [2.45, 2.75) is 18.5 Å². The molecule has 0 N–H and O–H groups in total. The van der Waals surface area contributed by atoms with E-state index in [1.807, 2.05) is 17.9 Å². The van der Waals surface area contributed by atoms with Crippen LogP contribution in [0.25, 0.3) is 16.5 Å². The van der Waals surface area contributed by atoms with Crippen LogP contribution in [0.15, 0.2) is 30.5 Å². The van der Waals surface area contributed by atoms with E-state index in [0.717, 1.165) is 19.6 Å². The van der Waals surface area contributed by atoms with Gasteiger partial charge >= 0.3 is 0 Å². The highest BCUT2D eigenvalue weighted by atomic mass is 16.5. The van der Waals surface area contributed by atoms with Gasteiger partial charge in [0.1, 0.15) is 0 Å². The molecular weight excluding hydrogens is 250 g/mol. The van der Waals surface area contributed by atoms with Gasteiger partial charge in [-0.3, -0.25) is 9.58 Å². The Morgan fingerprint density at radius 1 is 1.25 bits per heavy atom. The SMILES string of the molecule is CN1C2C=C(c3ccc4cnn(C)c4c3)CC1COC2. The average molecular weight is 269 g/mol. The van der Waals surface area contributed by atoms with E-state index < -0.39 is 0 Å². The molecule has 0 radical (unpaired) electrons. The molecule has 20 heavy (non-hydrogen) atoms. The second-order valence-corrected chi connectivity index (χ2v) is 5.86. The molecule has 2 aromatic rings. The Morgan fingerprint density at radius 3 is 3.00 bits per heavy atom. The Labute approximate surface area is 118 Å². The fourth-order valence-electron chi connectivity index (χ4n) is 3.31. The number of aromatic nitrogens is 2. The molecule has 0 saturated carbocycles. The summed E-state index contributed by atoms with van der Waals surface area (Å²) in [5, 5.41) is 5.52. The molecule has 2 aliphatic rings. The second-order valence-electron chi connectivity index (χ2n) is 5.86. The molecule has 0 amide bonds. The molecule has 0 spiro atoms. The number of likely N-dealkylation sites (N-methyl/N-ethyl adjacent to an activating group) is 1. The van der Waals surface area contributed by atoms with E-state index in [4.69, 9.17) is 4.74 Å². The minimum absolute atomic E-state index is 0.416. The number of hydrogen-bond donors (Lipinski definition) is 0. The topological polar surface area (TPSA) is 30.3 Å². The minimum atomic E-state index is 0.416. The van der Waals surface area contributed by atoms with Gasteiger partial charge in [-0.25, -0.2) is 0 Å². The molecule has 4 rings (SSSR count). The summed E-state index contributed by atoms with van der Waals surface area (Å²) in [5.74, 6) is 0. The normalized spacial score (nSPS) is 26.8. The van der Waals surface area contributed by atoms with Crippen molar-refractivity contribution in [3.8, 4) is 0 Å². The van der Waals surface area contributed by atoms with Gasteiger partial charge in [-0.1, -0.05) is 18.2 Å². The average Bonchev–Trinajstić information content (AvgIpc) is 2.80. The van der Waals surface area contributed by atoms with Crippen molar-refractivity contribution in [1.82, 2.24) is 14.7 Å². The van der Waals surface area contributed by atoms with Crippen molar-refractivity contribution in [2.24, 2.45) is 7.05 Å². The van der Waals surface area contributed by atoms with Crippen molar-refractivity contribution in [3.05, 3.63) is 36.0 Å². The minimum Gasteiger partial charge on any atom is -0.378 e. The zero-order valence-electron chi connectivity index (χ0n) is 11.9. The maximum Gasteiger partial charge on any atom is 0.0685 e. The first-order chi connectivity index (χ1) is 9.72. The molecule has 0 aliphatic carbocycles. The fourth-order valence-corrected chi connectivity index (χ4v) is 3.31. The number of nitrogens with zero attached hydrogens (tertiary/aromatic N) is 3. The Bertz CT molecular complexity index is 688. The summed E-state index contributed by atoms with van der Waals surface area (Å²) in [6, 6.07) is 7.58. The molecule has 104 valence electrons. The summed E-state index contributed by atoms with van der Waals surface area (Å²) < 4.78 is 7.61. The summed E-state index contributed by atoms with van der Waals surface area (Å²) in [6.45, 7) is 1.66. The molecule has 4 nitrogen and oxygen atoms in total. The molecule has 1 aromatic heterocycles. The lowest BCUT2D eigenvalue weighted by Crippen LogP contribution is -2.51. The molecule has 1 saturated heterocycles. The molecule has 2 unspecified atom stereocenters. The maximum absolute atomic E-state index is 5.67. The van der Waals surface area contributed by atoms with Crippen molar-refractivity contribution >= 4 is 16.5 Å². The van der Waals surface area contributed by atoms with Crippen LogP contribution >= 0.6 is 0 Å². The van der Waals surface area contributed by atoms with Crippen molar-refractivity contribution in [1.29, 1.82) is 0 Å². The summed E-state index contributed by atoms with van der Waals surface area (Å²) in [5.41, 5.74) is 3.97. The highest BCUT2D eigenvalue weighted by molar-refractivity contribution is 5.83. The number of fused-ring (bicyclic) bond motifs is 3. The molecule has 1 fully saturated rings. The number of morpholine rings is 1. The van der Waals surface area contributed by atoms with Gasteiger partial charge in [0, 0.05) is 18.5 Å². The third-order valence-corrected chi connectivity index (χ3v) is 4.67. The Hall–Kier alpha value is -1.65. The van der Waals surface area contributed by atoms with Crippen LogP contribution in [-0.4, -0.2) is 47.0 Å². The zero-order chi connectivity index (χ0) is 13.7. The molecule has 3 heterocycles. The smallest absolute Gasteiger partial charge is 0.0685 e. The Balaban J connectivity index is 1.77. The number of rotatable bonds is 1. The van der Waals surface area contributed by atoms with E-state index in [2.05, 4.69) is 41.3 Å². The van der Waals surface area contributed by atoms with Gasteiger partial charge in [-0.05, 0) is 30.7 Å². The molecule has 2 bridgehead atoms. The van der Waals surface area contributed by atoms with Gasteiger partial charge < -0.3 is 4.74 Å².